The van der Waals surface area contributed by atoms with Gasteiger partial charge in [-0.2, -0.15) is 0 Å². The van der Waals surface area contributed by atoms with Gasteiger partial charge in [-0.25, -0.2) is 4.79 Å². The molecule has 0 saturated heterocycles. The predicted molar refractivity (Wildman–Crippen MR) is 119 cm³/mol. The average molecular weight is 424 g/mol. The van der Waals surface area contributed by atoms with Gasteiger partial charge in [-0.3, -0.25) is 10.1 Å². The number of aryl methyl sites for hydroxylation is 1. The van der Waals surface area contributed by atoms with Crippen LogP contribution in [0.25, 0.3) is 10.6 Å². The van der Waals surface area contributed by atoms with Crippen molar-refractivity contribution >= 4 is 28.4 Å². The van der Waals surface area contributed by atoms with Gasteiger partial charge in [-0.15, -0.1) is 10.2 Å². The van der Waals surface area contributed by atoms with E-state index in [1.54, 1.807) is 0 Å². The lowest BCUT2D eigenvalue weighted by Crippen LogP contribution is -2.50. The minimum atomic E-state index is -0.702. The number of carbonyl (C=O) groups excluding carboxylic acids is 2. The number of anilines is 1. The normalized spacial score (nSPS) is 11.7. The molecular formula is C22H25N5O2S. The molecule has 0 radical (unpaired) electrons. The van der Waals surface area contributed by atoms with Crippen LogP contribution < -0.4 is 16.0 Å². The zero-order valence-electron chi connectivity index (χ0n) is 17.2. The number of rotatable bonds is 7. The van der Waals surface area contributed by atoms with Crippen molar-refractivity contribution in [2.75, 3.05) is 5.32 Å². The number of carbonyl (C=O) groups is 2. The monoisotopic (exact) mass is 423 g/mol. The molecule has 2 aromatic carbocycles. The fraction of sp³-hybridized carbons (Fsp3) is 0.273. The molecule has 0 aliphatic carbocycles. The minimum absolute atomic E-state index is 0.100. The summed E-state index contributed by atoms with van der Waals surface area (Å²) in [6.07, 6.45) is 0. The average Bonchev–Trinajstić information content (AvgIpc) is 3.19. The maximum atomic E-state index is 12.7. The first kappa shape index (κ1) is 21.4. The molecule has 30 heavy (non-hydrogen) atoms. The lowest BCUT2D eigenvalue weighted by molar-refractivity contribution is -0.118. The molecule has 0 saturated carbocycles. The molecule has 3 amide bonds. The molecule has 0 aliphatic rings. The fourth-order valence-electron chi connectivity index (χ4n) is 2.86. The van der Waals surface area contributed by atoms with Crippen molar-refractivity contribution in [1.29, 1.82) is 0 Å². The zero-order chi connectivity index (χ0) is 21.5. The molecule has 1 heterocycles. The highest BCUT2D eigenvalue weighted by Crippen LogP contribution is 2.27. The zero-order valence-corrected chi connectivity index (χ0v) is 18.0. The molecule has 0 aliphatic heterocycles. The van der Waals surface area contributed by atoms with Crippen molar-refractivity contribution in [3.05, 3.63) is 65.7 Å². The summed E-state index contributed by atoms with van der Waals surface area (Å²) >= 11 is 1.30. The first-order valence-corrected chi connectivity index (χ1v) is 10.5. The number of nitrogens with one attached hydrogen (secondary N) is 3. The van der Waals surface area contributed by atoms with E-state index in [2.05, 4.69) is 26.1 Å². The Morgan fingerprint density at radius 2 is 1.80 bits per heavy atom. The van der Waals surface area contributed by atoms with Crippen LogP contribution in [0.5, 0.6) is 0 Å². The van der Waals surface area contributed by atoms with E-state index in [1.807, 2.05) is 75.4 Å². The third-order valence-corrected chi connectivity index (χ3v) is 5.34. The summed E-state index contributed by atoms with van der Waals surface area (Å²) in [5.74, 6) is -0.427. The van der Waals surface area contributed by atoms with Gasteiger partial charge in [-0.05, 0) is 24.5 Å². The molecule has 0 fully saturated rings. The maximum Gasteiger partial charge on any atom is 0.315 e. The largest absolute Gasteiger partial charge is 0.334 e. The van der Waals surface area contributed by atoms with Gasteiger partial charge in [0.1, 0.15) is 11.0 Å². The summed E-state index contributed by atoms with van der Waals surface area (Å²) in [6.45, 7) is 6.14. The van der Waals surface area contributed by atoms with Crippen molar-refractivity contribution in [3.8, 4) is 10.6 Å². The Bertz CT molecular complexity index is 1000. The van der Waals surface area contributed by atoms with Crippen molar-refractivity contribution in [2.24, 2.45) is 5.92 Å². The van der Waals surface area contributed by atoms with Gasteiger partial charge in [0.15, 0.2) is 0 Å². The van der Waals surface area contributed by atoms with Gasteiger partial charge in [-0.1, -0.05) is 79.3 Å². The van der Waals surface area contributed by atoms with Crippen LogP contribution in [-0.4, -0.2) is 28.2 Å². The Morgan fingerprint density at radius 1 is 1.03 bits per heavy atom. The van der Waals surface area contributed by atoms with Gasteiger partial charge in [0.05, 0.1) is 0 Å². The van der Waals surface area contributed by atoms with Crippen LogP contribution in [0.4, 0.5) is 9.93 Å². The lowest BCUT2D eigenvalue weighted by atomic mass is 10.0. The smallest absolute Gasteiger partial charge is 0.315 e. The number of amides is 3. The minimum Gasteiger partial charge on any atom is -0.334 e. The first-order valence-electron chi connectivity index (χ1n) is 9.72. The van der Waals surface area contributed by atoms with Crippen molar-refractivity contribution < 1.29 is 9.59 Å². The lowest BCUT2D eigenvalue weighted by Gasteiger charge is -2.21. The molecule has 0 spiro atoms. The molecular weight excluding hydrogens is 398 g/mol. The molecule has 156 valence electrons. The van der Waals surface area contributed by atoms with Crippen LogP contribution in [0.15, 0.2) is 54.6 Å². The Labute approximate surface area is 179 Å². The number of benzene rings is 2. The molecule has 1 aromatic heterocycles. The number of aromatic nitrogens is 2. The number of nitrogens with zero attached hydrogens (tertiary/aromatic N) is 2. The predicted octanol–water partition coefficient (Wildman–Crippen LogP) is 3.98. The van der Waals surface area contributed by atoms with E-state index < -0.39 is 12.1 Å². The molecule has 3 aromatic rings. The van der Waals surface area contributed by atoms with Crippen LogP contribution in [0, 0.1) is 12.8 Å². The van der Waals surface area contributed by atoms with Crippen molar-refractivity contribution in [3.63, 3.8) is 0 Å². The van der Waals surface area contributed by atoms with Gasteiger partial charge in [0.25, 0.3) is 0 Å². The van der Waals surface area contributed by atoms with Gasteiger partial charge in [0, 0.05) is 12.1 Å². The highest BCUT2D eigenvalue weighted by atomic mass is 32.1. The second-order valence-corrected chi connectivity index (χ2v) is 8.28. The van der Waals surface area contributed by atoms with Crippen molar-refractivity contribution in [2.45, 2.75) is 33.4 Å². The molecule has 0 unspecified atom stereocenters. The molecule has 8 heteroatoms. The Kier molecular flexibility index (Phi) is 7.13. The van der Waals surface area contributed by atoms with Crippen LogP contribution in [0.1, 0.15) is 25.0 Å². The third-order valence-electron chi connectivity index (χ3n) is 4.45. The summed E-state index contributed by atoms with van der Waals surface area (Å²) in [5, 5.41) is 17.6. The van der Waals surface area contributed by atoms with Crippen LogP contribution in [0.3, 0.4) is 0 Å². The standard InChI is InChI=1S/C22H25N5O2S/c1-14(2)18(24-21(29)23-13-16-9-5-4-6-10-16)19(28)25-22-27-26-20(30-22)17-11-7-8-15(3)12-17/h4-12,14,18H,13H2,1-3H3,(H2,23,24,29)(H,25,27,28)/t18-/m1/s1. The van der Waals surface area contributed by atoms with Crippen LogP contribution in [-0.2, 0) is 11.3 Å². The van der Waals surface area contributed by atoms with E-state index >= 15 is 0 Å². The first-order chi connectivity index (χ1) is 14.4. The molecule has 3 N–H and O–H groups in total. The number of hydrogen-bond acceptors (Lipinski definition) is 5. The quantitative estimate of drug-likeness (QED) is 0.536. The van der Waals surface area contributed by atoms with E-state index in [0.717, 1.165) is 21.7 Å². The molecule has 7 nitrogen and oxygen atoms in total. The number of hydrogen-bond donors (Lipinski definition) is 3. The summed E-state index contributed by atoms with van der Waals surface area (Å²) in [4.78, 5) is 25.0. The maximum absolute atomic E-state index is 12.7. The Balaban J connectivity index is 1.59. The van der Waals surface area contributed by atoms with E-state index in [9.17, 15) is 9.59 Å². The summed E-state index contributed by atoms with van der Waals surface area (Å²) in [6, 6.07) is 16.4. The summed E-state index contributed by atoms with van der Waals surface area (Å²) in [7, 11) is 0. The third kappa shape index (κ3) is 5.87. The van der Waals surface area contributed by atoms with E-state index in [-0.39, 0.29) is 11.8 Å². The van der Waals surface area contributed by atoms with Gasteiger partial charge < -0.3 is 10.6 Å². The molecule has 3 rings (SSSR count). The molecule has 1 atom stereocenters. The van der Waals surface area contributed by atoms with Gasteiger partial charge >= 0.3 is 6.03 Å². The van der Waals surface area contributed by atoms with E-state index in [4.69, 9.17) is 0 Å². The second kappa shape index (κ2) is 9.98. The fourth-order valence-corrected chi connectivity index (χ4v) is 3.60. The highest BCUT2D eigenvalue weighted by molar-refractivity contribution is 7.18. The highest BCUT2D eigenvalue weighted by Gasteiger charge is 2.25. The summed E-state index contributed by atoms with van der Waals surface area (Å²) in [5.41, 5.74) is 3.06. The molecule has 0 bridgehead atoms. The number of urea groups is 1. The second-order valence-electron chi connectivity index (χ2n) is 7.31. The summed E-state index contributed by atoms with van der Waals surface area (Å²) < 4.78 is 0. The van der Waals surface area contributed by atoms with Crippen LogP contribution in [0.2, 0.25) is 0 Å². The van der Waals surface area contributed by atoms with E-state index in [0.29, 0.717) is 11.7 Å². The Morgan fingerprint density at radius 3 is 2.50 bits per heavy atom. The van der Waals surface area contributed by atoms with Gasteiger partial charge in [0.2, 0.25) is 11.0 Å². The Hall–Kier alpha value is -3.26. The topological polar surface area (TPSA) is 96.0 Å². The van der Waals surface area contributed by atoms with Crippen molar-refractivity contribution in [1.82, 2.24) is 20.8 Å². The van der Waals surface area contributed by atoms with E-state index in [1.165, 1.54) is 11.3 Å². The SMILES string of the molecule is Cc1cccc(-c2nnc(NC(=O)[C@H](NC(=O)NCc3ccccc3)C(C)C)s2)c1. The van der Waals surface area contributed by atoms with Crippen LogP contribution >= 0.6 is 11.3 Å².